The number of nitrogens with zero attached hydrogens (tertiary/aromatic N) is 2. The Morgan fingerprint density at radius 1 is 1.50 bits per heavy atom. The Morgan fingerprint density at radius 2 is 2.20 bits per heavy atom. The average Bonchev–Trinajstić information content (AvgIpc) is 2.87. The zero-order valence-corrected chi connectivity index (χ0v) is 11.4. The number of carbonyl (C=O) groups excluding carboxylic acids is 1. The number of hydrogen-bond donors (Lipinski definition) is 1. The molecule has 1 atom stereocenters. The van der Waals surface area contributed by atoms with Crippen LogP contribution in [-0.4, -0.2) is 44.5 Å². The van der Waals surface area contributed by atoms with E-state index >= 15 is 0 Å². The Bertz CT molecular complexity index is 589. The first kappa shape index (κ1) is 14.3. The van der Waals surface area contributed by atoms with Crippen molar-refractivity contribution >= 4 is 29.3 Å². The number of nitro benzene ring substituents is 1. The molecule has 1 fully saturated rings. The maximum Gasteiger partial charge on any atom is 0.327 e. The monoisotopic (exact) mass is 296 g/mol. The zero-order chi connectivity index (χ0) is 14.9. The summed E-state index contributed by atoms with van der Waals surface area (Å²) >= 11 is 1.35. The van der Waals surface area contributed by atoms with E-state index in [9.17, 15) is 19.7 Å². The zero-order valence-electron chi connectivity index (χ0n) is 10.6. The molecular formula is C12H12N2O5S. The summed E-state index contributed by atoms with van der Waals surface area (Å²) in [6.45, 7) is 1.66. The fraction of sp³-hybridized carbons (Fsp3) is 0.333. The lowest BCUT2D eigenvalue weighted by Crippen LogP contribution is -2.42. The van der Waals surface area contributed by atoms with Crippen LogP contribution in [0, 0.1) is 17.0 Å². The van der Waals surface area contributed by atoms with Crippen LogP contribution in [0.25, 0.3) is 0 Å². The molecule has 1 amide bonds. The molecule has 7 nitrogen and oxygen atoms in total. The molecule has 0 bridgehead atoms. The van der Waals surface area contributed by atoms with E-state index in [0.717, 1.165) is 0 Å². The third-order valence-electron chi connectivity index (χ3n) is 3.09. The molecule has 1 aliphatic rings. The Balaban J connectivity index is 2.35. The number of aryl methyl sites for hydroxylation is 1. The summed E-state index contributed by atoms with van der Waals surface area (Å²) < 4.78 is 0. The number of non-ortho nitro benzene ring substituents is 1. The van der Waals surface area contributed by atoms with E-state index in [2.05, 4.69) is 0 Å². The molecule has 1 N–H and O–H groups in total. The number of rotatable bonds is 3. The topological polar surface area (TPSA) is 101 Å². The minimum absolute atomic E-state index is 0.174. The van der Waals surface area contributed by atoms with Gasteiger partial charge in [-0.15, -0.1) is 11.8 Å². The number of carboxylic acid groups (broad SMARTS) is 1. The number of carbonyl (C=O) groups is 2. The molecule has 8 heteroatoms. The van der Waals surface area contributed by atoms with Gasteiger partial charge < -0.3 is 10.0 Å². The highest BCUT2D eigenvalue weighted by atomic mass is 32.2. The lowest BCUT2D eigenvalue weighted by Gasteiger charge is -2.21. The Morgan fingerprint density at radius 3 is 2.80 bits per heavy atom. The normalized spacial score (nSPS) is 18.1. The average molecular weight is 296 g/mol. The summed E-state index contributed by atoms with van der Waals surface area (Å²) in [6.07, 6.45) is 0. The molecule has 1 heterocycles. The summed E-state index contributed by atoms with van der Waals surface area (Å²) in [5.41, 5.74) is 0.576. The van der Waals surface area contributed by atoms with Gasteiger partial charge in [-0.2, -0.15) is 0 Å². The molecule has 0 radical (unpaired) electrons. The number of hydrogen-bond acceptors (Lipinski definition) is 5. The summed E-state index contributed by atoms with van der Waals surface area (Å²) in [6, 6.07) is 3.12. The van der Waals surface area contributed by atoms with Crippen LogP contribution in [0.5, 0.6) is 0 Å². The molecule has 20 heavy (non-hydrogen) atoms. The fourth-order valence-corrected chi connectivity index (χ4v) is 3.10. The Hall–Kier alpha value is -2.09. The van der Waals surface area contributed by atoms with Crippen LogP contribution >= 0.6 is 11.8 Å². The van der Waals surface area contributed by atoms with E-state index < -0.39 is 22.8 Å². The Labute approximate surface area is 118 Å². The predicted octanol–water partition coefficient (Wildman–Crippen LogP) is 1.50. The van der Waals surface area contributed by atoms with Gasteiger partial charge in [0.2, 0.25) is 0 Å². The van der Waals surface area contributed by atoms with Gasteiger partial charge in [-0.25, -0.2) is 4.79 Å². The van der Waals surface area contributed by atoms with Gasteiger partial charge >= 0.3 is 5.97 Å². The Kier molecular flexibility index (Phi) is 3.93. The molecule has 1 aromatic carbocycles. The van der Waals surface area contributed by atoms with Gasteiger partial charge in [0, 0.05) is 23.4 Å². The molecule has 0 spiro atoms. The van der Waals surface area contributed by atoms with Gasteiger partial charge in [-0.05, 0) is 12.5 Å². The largest absolute Gasteiger partial charge is 0.480 e. The molecule has 1 aliphatic heterocycles. The molecule has 0 saturated carbocycles. The van der Waals surface area contributed by atoms with Gasteiger partial charge in [-0.3, -0.25) is 14.9 Å². The highest BCUT2D eigenvalue weighted by molar-refractivity contribution is 7.99. The first-order valence-corrected chi connectivity index (χ1v) is 6.94. The second-order valence-electron chi connectivity index (χ2n) is 4.39. The third-order valence-corrected chi connectivity index (χ3v) is 4.10. The number of benzene rings is 1. The second-order valence-corrected chi connectivity index (χ2v) is 5.38. The maximum absolute atomic E-state index is 12.4. The molecule has 0 unspecified atom stereocenters. The summed E-state index contributed by atoms with van der Waals surface area (Å²) in [5.74, 6) is -0.942. The lowest BCUT2D eigenvalue weighted by molar-refractivity contribution is -0.384. The summed E-state index contributed by atoms with van der Waals surface area (Å²) in [4.78, 5) is 34.9. The predicted molar refractivity (Wildman–Crippen MR) is 72.8 cm³/mol. The highest BCUT2D eigenvalue weighted by Crippen LogP contribution is 2.26. The van der Waals surface area contributed by atoms with Gasteiger partial charge in [0.05, 0.1) is 10.8 Å². The molecule has 0 aromatic heterocycles. The van der Waals surface area contributed by atoms with Crippen molar-refractivity contribution in [3.8, 4) is 0 Å². The van der Waals surface area contributed by atoms with Crippen molar-refractivity contribution in [2.45, 2.75) is 13.0 Å². The van der Waals surface area contributed by atoms with E-state index in [0.29, 0.717) is 11.3 Å². The van der Waals surface area contributed by atoms with Crippen LogP contribution in [0.15, 0.2) is 18.2 Å². The third kappa shape index (κ3) is 2.60. The van der Waals surface area contributed by atoms with Crippen molar-refractivity contribution in [3.63, 3.8) is 0 Å². The van der Waals surface area contributed by atoms with Crippen LogP contribution in [0.4, 0.5) is 5.69 Å². The fourth-order valence-electron chi connectivity index (χ4n) is 1.96. The number of aliphatic carboxylic acids is 1. The molecule has 1 saturated heterocycles. The lowest BCUT2D eigenvalue weighted by atomic mass is 10.1. The second kappa shape index (κ2) is 5.49. The molecule has 106 valence electrons. The molecule has 2 rings (SSSR count). The van der Waals surface area contributed by atoms with Crippen LogP contribution in [0.2, 0.25) is 0 Å². The van der Waals surface area contributed by atoms with Crippen molar-refractivity contribution in [2.75, 3.05) is 11.6 Å². The minimum atomic E-state index is -1.06. The highest BCUT2D eigenvalue weighted by Gasteiger charge is 2.35. The van der Waals surface area contributed by atoms with Crippen molar-refractivity contribution in [1.29, 1.82) is 0 Å². The van der Waals surface area contributed by atoms with Crippen LogP contribution in [0.1, 0.15) is 15.9 Å². The number of nitro groups is 1. The summed E-state index contributed by atoms with van der Waals surface area (Å²) in [5, 5.41) is 19.8. The quantitative estimate of drug-likeness (QED) is 0.670. The first-order chi connectivity index (χ1) is 9.41. The molecule has 1 aromatic rings. The number of carboxylic acids is 1. The van der Waals surface area contributed by atoms with Crippen molar-refractivity contribution < 1.29 is 19.6 Å². The maximum atomic E-state index is 12.4. The van der Waals surface area contributed by atoms with E-state index in [4.69, 9.17) is 5.11 Å². The first-order valence-electron chi connectivity index (χ1n) is 5.78. The van der Waals surface area contributed by atoms with Crippen molar-refractivity contribution in [3.05, 3.63) is 39.4 Å². The van der Waals surface area contributed by atoms with Crippen molar-refractivity contribution in [1.82, 2.24) is 4.90 Å². The van der Waals surface area contributed by atoms with E-state index in [-0.39, 0.29) is 17.1 Å². The molecular weight excluding hydrogens is 284 g/mol. The number of thioether (sulfide) groups is 1. The van der Waals surface area contributed by atoms with Gasteiger partial charge in [0.1, 0.15) is 6.04 Å². The minimum Gasteiger partial charge on any atom is -0.480 e. The SMILES string of the molecule is Cc1ccc([N+](=O)[O-])cc1C(=O)N1CSC[C@H]1C(=O)O. The molecule has 0 aliphatic carbocycles. The van der Waals surface area contributed by atoms with Crippen LogP contribution in [0.3, 0.4) is 0 Å². The summed E-state index contributed by atoms with van der Waals surface area (Å²) in [7, 11) is 0. The number of amides is 1. The van der Waals surface area contributed by atoms with Crippen LogP contribution < -0.4 is 0 Å². The van der Waals surface area contributed by atoms with Crippen molar-refractivity contribution in [2.24, 2.45) is 0 Å². The smallest absolute Gasteiger partial charge is 0.327 e. The van der Waals surface area contributed by atoms with E-state index in [1.807, 2.05) is 0 Å². The van der Waals surface area contributed by atoms with Crippen LogP contribution in [-0.2, 0) is 4.79 Å². The van der Waals surface area contributed by atoms with E-state index in [1.54, 1.807) is 6.92 Å². The van der Waals surface area contributed by atoms with Gasteiger partial charge in [0.15, 0.2) is 0 Å². The van der Waals surface area contributed by atoms with E-state index in [1.165, 1.54) is 34.9 Å². The standard InChI is InChI=1S/C12H12N2O5S/c1-7-2-3-8(14(18)19)4-9(7)11(15)13-6-20-5-10(13)12(16)17/h2-4,10H,5-6H2,1H3,(H,16,17)/t10-/m0/s1. The van der Waals surface area contributed by atoms with Gasteiger partial charge in [-0.1, -0.05) is 6.07 Å². The van der Waals surface area contributed by atoms with Gasteiger partial charge in [0.25, 0.3) is 11.6 Å².